The molecule has 3 atom stereocenters. The maximum Gasteiger partial charge on any atom is 0.170 e. The molecule has 1 fully saturated rings. The predicted octanol–water partition coefficient (Wildman–Crippen LogP) is 10.4. The number of hydrogen-bond donors (Lipinski definition) is 3. The topological polar surface area (TPSA) is 50.1 Å². The molecule has 5 aromatic carbocycles. The van der Waals surface area contributed by atoms with Gasteiger partial charge in [-0.15, -0.1) is 0 Å². The Morgan fingerprint density at radius 1 is 0.867 bits per heavy atom. The van der Waals surface area contributed by atoms with Crippen LogP contribution in [0.4, 0.5) is 11.4 Å². The summed E-state index contributed by atoms with van der Waals surface area (Å²) in [5, 5.41) is 12.6. The maximum absolute atomic E-state index is 6.74. The Hall–Kier alpha value is -3.89. The minimum Gasteiger partial charge on any atom is -0.398 e. The summed E-state index contributed by atoms with van der Waals surface area (Å²) < 4.78 is 0. The lowest BCUT2D eigenvalue weighted by atomic mass is 9.49. The van der Waals surface area contributed by atoms with Crippen LogP contribution in [-0.2, 0) is 11.8 Å². The molecule has 0 unspecified atom stereocenters. The number of fused-ring (bicyclic) bond motifs is 5. The molecule has 2 aliphatic carbocycles. The minimum atomic E-state index is 0.152. The third kappa shape index (κ3) is 5.17. The van der Waals surface area contributed by atoms with Crippen LogP contribution in [0.1, 0.15) is 76.0 Å². The van der Waals surface area contributed by atoms with Gasteiger partial charge in [-0.3, -0.25) is 0 Å². The highest BCUT2D eigenvalue weighted by atomic mass is 32.1. The zero-order chi connectivity index (χ0) is 31.3. The Bertz CT molecular complexity index is 1930. The molecule has 4 heteroatoms. The highest BCUT2D eigenvalue weighted by Crippen LogP contribution is 2.57. The van der Waals surface area contributed by atoms with E-state index in [2.05, 4.69) is 123 Å². The molecule has 1 saturated carbocycles. The molecule has 0 aromatic heterocycles. The zero-order valence-electron chi connectivity index (χ0n) is 27.0. The number of rotatable bonds is 5. The van der Waals surface area contributed by atoms with Crippen molar-refractivity contribution in [3.8, 4) is 11.1 Å². The van der Waals surface area contributed by atoms with Crippen molar-refractivity contribution in [3.05, 3.63) is 108 Å². The summed E-state index contributed by atoms with van der Waals surface area (Å²) >= 11 is 6.04. The highest BCUT2D eigenvalue weighted by Gasteiger charge is 2.51. The SMILES string of the molecule is CC(C)c1ccc2c(c1)CC[C@H]1[C@](C)(CNC(=S)Nc3ccc4ccccc4c3-c3c(N)ccc4ccccc34)CCC[C@]21C. The fourth-order valence-corrected chi connectivity index (χ4v) is 9.06. The van der Waals surface area contributed by atoms with Crippen LogP contribution in [0.15, 0.2) is 91.0 Å². The van der Waals surface area contributed by atoms with Gasteiger partial charge in [0.1, 0.15) is 0 Å². The van der Waals surface area contributed by atoms with E-state index in [1.54, 1.807) is 11.1 Å². The van der Waals surface area contributed by atoms with Gasteiger partial charge >= 0.3 is 0 Å². The number of benzene rings is 5. The molecular weight excluding hydrogens is 567 g/mol. The van der Waals surface area contributed by atoms with Crippen molar-refractivity contribution in [2.45, 2.75) is 71.1 Å². The van der Waals surface area contributed by atoms with Crippen LogP contribution >= 0.6 is 12.2 Å². The second-order valence-electron chi connectivity index (χ2n) is 14.4. The van der Waals surface area contributed by atoms with Crippen LogP contribution in [0.25, 0.3) is 32.7 Å². The number of hydrogen-bond acceptors (Lipinski definition) is 2. The number of nitrogen functional groups attached to an aromatic ring is 1. The van der Waals surface area contributed by atoms with Gasteiger partial charge in [-0.1, -0.05) is 113 Å². The maximum atomic E-state index is 6.74. The van der Waals surface area contributed by atoms with Crippen LogP contribution in [0.2, 0.25) is 0 Å². The summed E-state index contributed by atoms with van der Waals surface area (Å²) in [6.45, 7) is 10.5. The van der Waals surface area contributed by atoms with Gasteiger partial charge in [0, 0.05) is 29.0 Å². The van der Waals surface area contributed by atoms with Crippen LogP contribution in [0.5, 0.6) is 0 Å². The molecule has 230 valence electrons. The Kier molecular flexibility index (Phi) is 7.60. The van der Waals surface area contributed by atoms with Crippen molar-refractivity contribution in [1.82, 2.24) is 5.32 Å². The van der Waals surface area contributed by atoms with Crippen molar-refractivity contribution >= 4 is 50.2 Å². The first kappa shape index (κ1) is 29.8. The number of aryl methyl sites for hydroxylation is 1. The molecule has 0 spiro atoms. The minimum absolute atomic E-state index is 0.152. The van der Waals surface area contributed by atoms with E-state index < -0.39 is 0 Å². The smallest absolute Gasteiger partial charge is 0.170 e. The fourth-order valence-electron chi connectivity index (χ4n) is 8.88. The monoisotopic (exact) mass is 611 g/mol. The third-order valence-electron chi connectivity index (χ3n) is 11.2. The fraction of sp³-hybridized carbons (Fsp3) is 0.341. The van der Waals surface area contributed by atoms with Gasteiger partial charge in [0.25, 0.3) is 0 Å². The molecule has 0 radical (unpaired) electrons. The van der Waals surface area contributed by atoms with E-state index in [9.17, 15) is 0 Å². The molecule has 0 aliphatic heterocycles. The first-order valence-corrected chi connectivity index (χ1v) is 17.1. The van der Waals surface area contributed by atoms with Gasteiger partial charge < -0.3 is 16.4 Å². The van der Waals surface area contributed by atoms with E-state index in [0.717, 1.165) is 39.8 Å². The molecule has 3 nitrogen and oxygen atoms in total. The van der Waals surface area contributed by atoms with E-state index in [-0.39, 0.29) is 10.8 Å². The van der Waals surface area contributed by atoms with Gasteiger partial charge in [-0.2, -0.15) is 0 Å². The summed E-state index contributed by atoms with van der Waals surface area (Å²) in [5.41, 5.74) is 15.6. The van der Waals surface area contributed by atoms with Crippen LogP contribution in [0, 0.1) is 11.3 Å². The molecule has 45 heavy (non-hydrogen) atoms. The summed E-state index contributed by atoms with van der Waals surface area (Å²) in [5.74, 6) is 1.17. The first-order valence-electron chi connectivity index (χ1n) is 16.7. The zero-order valence-corrected chi connectivity index (χ0v) is 27.9. The largest absolute Gasteiger partial charge is 0.398 e. The lowest BCUT2D eigenvalue weighted by molar-refractivity contribution is 0.0294. The number of thiocarbonyl (C=S) groups is 1. The Labute approximate surface area is 273 Å². The summed E-state index contributed by atoms with van der Waals surface area (Å²) in [6.07, 6.45) is 6.12. The lowest BCUT2D eigenvalue weighted by Gasteiger charge is -2.55. The van der Waals surface area contributed by atoms with Crippen molar-refractivity contribution < 1.29 is 0 Å². The lowest BCUT2D eigenvalue weighted by Crippen LogP contribution is -2.53. The van der Waals surface area contributed by atoms with Gasteiger partial charge in [-0.05, 0) is 111 Å². The van der Waals surface area contributed by atoms with Crippen molar-refractivity contribution in [3.63, 3.8) is 0 Å². The molecular formula is C41H45N3S. The highest BCUT2D eigenvalue weighted by molar-refractivity contribution is 7.80. The van der Waals surface area contributed by atoms with Crippen molar-refractivity contribution in [2.75, 3.05) is 17.6 Å². The van der Waals surface area contributed by atoms with E-state index in [4.69, 9.17) is 18.0 Å². The van der Waals surface area contributed by atoms with Crippen molar-refractivity contribution in [1.29, 1.82) is 0 Å². The van der Waals surface area contributed by atoms with Gasteiger partial charge in [0.2, 0.25) is 0 Å². The number of nitrogens with one attached hydrogen (secondary N) is 2. The molecule has 0 bridgehead atoms. The Morgan fingerprint density at radius 2 is 1.56 bits per heavy atom. The van der Waals surface area contributed by atoms with Crippen LogP contribution in [0.3, 0.4) is 0 Å². The van der Waals surface area contributed by atoms with E-state index in [1.165, 1.54) is 48.4 Å². The molecule has 0 saturated heterocycles. The summed E-state index contributed by atoms with van der Waals surface area (Å²) in [4.78, 5) is 0. The summed E-state index contributed by atoms with van der Waals surface area (Å²) in [7, 11) is 0. The molecule has 5 aromatic rings. The average molecular weight is 612 g/mol. The van der Waals surface area contributed by atoms with E-state index in [1.807, 2.05) is 6.07 Å². The second-order valence-corrected chi connectivity index (χ2v) is 14.8. The van der Waals surface area contributed by atoms with Gasteiger partial charge in [0.15, 0.2) is 5.11 Å². The Morgan fingerprint density at radius 3 is 2.29 bits per heavy atom. The molecule has 4 N–H and O–H groups in total. The van der Waals surface area contributed by atoms with Gasteiger partial charge in [0.05, 0.1) is 0 Å². The first-order chi connectivity index (χ1) is 21.7. The molecule has 0 amide bonds. The van der Waals surface area contributed by atoms with Crippen LogP contribution in [-0.4, -0.2) is 11.7 Å². The quantitative estimate of drug-likeness (QED) is 0.137. The second kappa shape index (κ2) is 11.5. The van der Waals surface area contributed by atoms with Gasteiger partial charge in [-0.25, -0.2) is 0 Å². The van der Waals surface area contributed by atoms with Crippen molar-refractivity contribution in [2.24, 2.45) is 11.3 Å². The van der Waals surface area contributed by atoms with Crippen LogP contribution < -0.4 is 16.4 Å². The normalized spacial score (nSPS) is 22.6. The molecule has 7 rings (SSSR count). The Balaban J connectivity index is 1.18. The number of nitrogens with two attached hydrogens (primary N) is 1. The third-order valence-corrected chi connectivity index (χ3v) is 11.5. The standard InChI is InChI=1S/C41H45N3S/c1-26(2)29-14-18-33-30(24-29)17-21-36-40(3,22-9-23-41(33,36)4)25-43-39(45)44-35-20-16-28-11-6-8-13-32(28)38(35)37-31-12-7-5-10-27(31)15-19-34(37)42/h5-8,10-16,18-20,24,26,36H,9,17,21-23,25,42H2,1-4H3,(H2,43,44,45)/t36-,40-,41+/m0/s1. The molecule has 0 heterocycles. The van der Waals surface area contributed by atoms with E-state index in [0.29, 0.717) is 16.9 Å². The predicted molar refractivity (Wildman–Crippen MR) is 197 cm³/mol. The summed E-state index contributed by atoms with van der Waals surface area (Å²) in [6, 6.07) is 32.8. The number of anilines is 2. The average Bonchev–Trinajstić information content (AvgIpc) is 3.04. The molecule has 2 aliphatic rings. The van der Waals surface area contributed by atoms with E-state index >= 15 is 0 Å².